The van der Waals surface area contributed by atoms with Crippen molar-refractivity contribution in [3.63, 3.8) is 0 Å². The molecule has 4 amide bonds. The Labute approximate surface area is 385 Å². The topological polar surface area (TPSA) is 319 Å². The number of aliphatic imine (C=N–C) groups is 1. The SMILES string of the molecule is C/C=C(/N)C=NC.CCn1nc(C)cc1C(=O)Nc1nc2cc(C(N)=O)cc(OC)c2n1C/C=C/CNc1c(OC/C=C/Cn2cc(NC(=O)OC(C)(C)C)cn2)cc(C(N)=O)cc1[N+](=O)[O-]. The molecule has 3 heterocycles. The van der Waals surface area contributed by atoms with E-state index in [2.05, 4.69) is 36.1 Å². The lowest BCUT2D eigenvalue weighted by Crippen LogP contribution is -2.27. The van der Waals surface area contributed by atoms with Crippen LogP contribution in [0, 0.1) is 17.0 Å². The third-order valence-corrected chi connectivity index (χ3v) is 9.07. The lowest BCUT2D eigenvalue weighted by Gasteiger charge is -2.19. The fourth-order valence-corrected chi connectivity index (χ4v) is 6.10. The Hall–Kier alpha value is -8.50. The molecule has 0 spiro atoms. The number of nitrogens with zero attached hydrogens (tertiary/aromatic N) is 8. The van der Waals surface area contributed by atoms with E-state index >= 15 is 0 Å². The van der Waals surface area contributed by atoms with Gasteiger partial charge in [0.1, 0.15) is 29.2 Å². The summed E-state index contributed by atoms with van der Waals surface area (Å²) in [5.74, 6) is -1.63. The van der Waals surface area contributed by atoms with Gasteiger partial charge in [-0.15, -0.1) is 0 Å². The van der Waals surface area contributed by atoms with Crippen LogP contribution in [-0.4, -0.2) is 97.0 Å². The zero-order chi connectivity index (χ0) is 49.4. The number of hydrogen-bond donors (Lipinski definition) is 6. The van der Waals surface area contributed by atoms with E-state index in [9.17, 15) is 29.3 Å². The van der Waals surface area contributed by atoms with Gasteiger partial charge in [-0.05, 0) is 71.9 Å². The molecule has 0 aliphatic heterocycles. The van der Waals surface area contributed by atoms with E-state index in [1.807, 2.05) is 13.8 Å². The highest BCUT2D eigenvalue weighted by Gasteiger charge is 2.24. The maximum Gasteiger partial charge on any atom is 0.412 e. The first-order valence-electron chi connectivity index (χ1n) is 20.7. The van der Waals surface area contributed by atoms with Crippen LogP contribution < -0.4 is 42.6 Å². The number of primary amides is 2. The number of nitro groups is 1. The smallest absolute Gasteiger partial charge is 0.412 e. The molecule has 23 heteroatoms. The van der Waals surface area contributed by atoms with Crippen LogP contribution in [0.15, 0.2) is 83.8 Å². The Kier molecular flexibility index (Phi) is 17.9. The van der Waals surface area contributed by atoms with Crippen LogP contribution in [0.3, 0.4) is 0 Å². The number of aryl methyl sites for hydroxylation is 2. The van der Waals surface area contributed by atoms with Crippen LogP contribution >= 0.6 is 0 Å². The second-order valence-electron chi connectivity index (χ2n) is 15.3. The van der Waals surface area contributed by atoms with Gasteiger partial charge in [-0.3, -0.25) is 49.5 Å². The number of nitro benzene ring substituents is 1. The van der Waals surface area contributed by atoms with Crippen molar-refractivity contribution < 1.29 is 38.3 Å². The molecule has 23 nitrogen and oxygen atoms in total. The average molecular weight is 925 g/mol. The van der Waals surface area contributed by atoms with Crippen LogP contribution in [0.5, 0.6) is 11.5 Å². The summed E-state index contributed by atoms with van der Waals surface area (Å²) in [6.45, 7) is 11.6. The minimum absolute atomic E-state index is 0.00105. The molecule has 356 valence electrons. The predicted octanol–water partition coefficient (Wildman–Crippen LogP) is 5.32. The lowest BCUT2D eigenvalue weighted by atomic mass is 10.1. The van der Waals surface area contributed by atoms with Crippen LogP contribution in [0.25, 0.3) is 11.0 Å². The minimum Gasteiger partial charge on any atom is -0.494 e. The molecular formula is C44H56N14O9. The summed E-state index contributed by atoms with van der Waals surface area (Å²) in [7, 11) is 3.11. The maximum atomic E-state index is 13.4. The number of amides is 4. The van der Waals surface area contributed by atoms with E-state index in [0.29, 0.717) is 46.9 Å². The number of anilines is 3. The number of aromatic nitrogens is 6. The molecule has 0 aliphatic rings. The van der Waals surface area contributed by atoms with E-state index in [-0.39, 0.29) is 54.0 Å². The standard InChI is InChI=1S/C39H46N12O9.C5H10N2/c1-7-50-29(16-23(2)47-50)36(54)46-37-45-27-17-24(34(40)52)20-31(58-6)33(27)49(37)14-9-8-12-42-32-28(51(56)57)18-25(35(41)53)19-30(32)59-15-11-10-13-48-22-26(21-43-48)44-38(55)60-39(3,4)5;1-3-5(6)4-7-2/h8-11,16-22,42H,7,12-15H2,1-6H3,(H2,40,52)(H2,41,53)(H,44,55)(H,45,46,54);3-4H,6H2,1-2H3/b9-8+,11-10+;5-3+,7-4?. The number of benzene rings is 2. The molecule has 5 aromatic rings. The first-order valence-corrected chi connectivity index (χ1v) is 20.7. The number of hydrogen-bond acceptors (Lipinski definition) is 15. The summed E-state index contributed by atoms with van der Waals surface area (Å²) in [6.07, 6.45) is 12.7. The molecular weight excluding hydrogens is 869 g/mol. The Morgan fingerprint density at radius 2 is 1.64 bits per heavy atom. The third-order valence-electron chi connectivity index (χ3n) is 9.07. The van der Waals surface area contributed by atoms with Crippen LogP contribution in [0.4, 0.5) is 27.8 Å². The zero-order valence-electron chi connectivity index (χ0n) is 38.5. The molecule has 3 aromatic heterocycles. The summed E-state index contributed by atoms with van der Waals surface area (Å²) in [6, 6.07) is 6.98. The Morgan fingerprint density at radius 3 is 2.25 bits per heavy atom. The molecule has 0 unspecified atom stereocenters. The van der Waals surface area contributed by atoms with Gasteiger partial charge in [0.05, 0.1) is 41.7 Å². The van der Waals surface area contributed by atoms with Crippen molar-refractivity contribution in [3.05, 3.63) is 111 Å². The Morgan fingerprint density at radius 1 is 0.955 bits per heavy atom. The van der Waals surface area contributed by atoms with Crippen molar-refractivity contribution in [1.82, 2.24) is 29.1 Å². The Balaban J connectivity index is 0.00000129. The first-order chi connectivity index (χ1) is 31.8. The van der Waals surface area contributed by atoms with Crippen molar-refractivity contribution >= 4 is 64.1 Å². The summed E-state index contributed by atoms with van der Waals surface area (Å²) in [4.78, 5) is 69.5. The van der Waals surface area contributed by atoms with Crippen molar-refractivity contribution in [2.75, 3.05) is 43.3 Å². The van der Waals surface area contributed by atoms with Gasteiger partial charge in [-0.2, -0.15) is 10.2 Å². The molecule has 9 N–H and O–H groups in total. The molecule has 0 bridgehead atoms. The van der Waals surface area contributed by atoms with E-state index in [1.54, 1.807) is 97.5 Å². The highest BCUT2D eigenvalue weighted by atomic mass is 16.6. The number of fused-ring (bicyclic) bond motifs is 1. The van der Waals surface area contributed by atoms with Crippen LogP contribution in [-0.2, 0) is 24.4 Å². The summed E-state index contributed by atoms with van der Waals surface area (Å²) in [5, 5.41) is 29.2. The molecule has 5 rings (SSSR count). The predicted molar refractivity (Wildman–Crippen MR) is 254 cm³/mol. The van der Waals surface area contributed by atoms with Gasteiger partial charge in [0.2, 0.25) is 17.8 Å². The van der Waals surface area contributed by atoms with E-state index < -0.39 is 40.0 Å². The van der Waals surface area contributed by atoms with Gasteiger partial charge in [0.15, 0.2) is 11.4 Å². The summed E-state index contributed by atoms with van der Waals surface area (Å²) >= 11 is 0. The summed E-state index contributed by atoms with van der Waals surface area (Å²) < 4.78 is 21.5. The monoisotopic (exact) mass is 924 g/mol. The van der Waals surface area contributed by atoms with Crippen LogP contribution in [0.1, 0.15) is 71.5 Å². The summed E-state index contributed by atoms with van der Waals surface area (Å²) in [5.41, 5.74) is 18.2. The number of carbonyl (C=O) groups excluding carboxylic acids is 4. The number of nitrogens with two attached hydrogens (primary N) is 3. The second kappa shape index (κ2) is 23.4. The number of carbonyl (C=O) groups is 4. The second-order valence-corrected chi connectivity index (χ2v) is 15.3. The number of imidazole rings is 1. The number of rotatable bonds is 19. The van der Waals surface area contributed by atoms with Gasteiger partial charge in [-0.25, -0.2) is 9.78 Å². The van der Waals surface area contributed by atoms with E-state index in [0.717, 1.165) is 6.07 Å². The maximum absolute atomic E-state index is 13.4. The minimum atomic E-state index is -0.887. The molecule has 0 saturated carbocycles. The van der Waals surface area contributed by atoms with E-state index in [4.69, 9.17) is 31.4 Å². The fraction of sp³-hybridized carbons (Fsp3) is 0.318. The van der Waals surface area contributed by atoms with E-state index in [1.165, 1.54) is 31.5 Å². The number of allylic oxidation sites excluding steroid dienone is 4. The zero-order valence-corrected chi connectivity index (χ0v) is 38.5. The fourth-order valence-electron chi connectivity index (χ4n) is 6.10. The van der Waals surface area contributed by atoms with Gasteiger partial charge < -0.3 is 41.3 Å². The normalized spacial score (nSPS) is 11.7. The molecule has 0 radical (unpaired) electrons. The third kappa shape index (κ3) is 14.5. The van der Waals surface area contributed by atoms with Gasteiger partial charge in [-0.1, -0.05) is 24.3 Å². The quantitative estimate of drug-likeness (QED) is 0.0264. The molecule has 0 aliphatic carbocycles. The van der Waals surface area contributed by atoms with Crippen molar-refractivity contribution in [1.29, 1.82) is 0 Å². The molecule has 0 saturated heterocycles. The highest BCUT2D eigenvalue weighted by molar-refractivity contribution is 6.04. The largest absolute Gasteiger partial charge is 0.494 e. The van der Waals surface area contributed by atoms with Crippen LogP contribution in [0.2, 0.25) is 0 Å². The first kappa shape index (κ1) is 51.1. The number of methoxy groups -OCH3 is 1. The molecule has 67 heavy (non-hydrogen) atoms. The molecule has 0 atom stereocenters. The number of nitrogens with one attached hydrogen (secondary N) is 3. The highest BCUT2D eigenvalue weighted by Crippen LogP contribution is 2.36. The van der Waals surface area contributed by atoms with Gasteiger partial charge >= 0.3 is 6.09 Å². The van der Waals surface area contributed by atoms with Crippen molar-refractivity contribution in [3.8, 4) is 11.5 Å². The van der Waals surface area contributed by atoms with Gasteiger partial charge in [0, 0.05) is 62.0 Å². The Bertz CT molecular complexity index is 2720. The lowest BCUT2D eigenvalue weighted by molar-refractivity contribution is -0.384. The van der Waals surface area contributed by atoms with Crippen molar-refractivity contribution in [2.45, 2.75) is 66.8 Å². The average Bonchev–Trinajstić information content (AvgIpc) is 3.98. The molecule has 2 aromatic carbocycles. The van der Waals surface area contributed by atoms with Gasteiger partial charge in [0.25, 0.3) is 11.6 Å². The number of ether oxygens (including phenoxy) is 3. The molecule has 0 fully saturated rings. The van der Waals surface area contributed by atoms with Crippen molar-refractivity contribution in [2.24, 2.45) is 22.2 Å².